The molecule has 0 aromatic heterocycles. The van der Waals surface area contributed by atoms with Crippen molar-refractivity contribution in [1.82, 2.24) is 5.32 Å². The minimum atomic E-state index is -1.07. The van der Waals surface area contributed by atoms with Crippen molar-refractivity contribution < 1.29 is 19.6 Å². The molecular formula is C13H16N2O5. The van der Waals surface area contributed by atoms with Crippen LogP contribution in [0.25, 0.3) is 0 Å². The first-order chi connectivity index (χ1) is 9.43. The van der Waals surface area contributed by atoms with Gasteiger partial charge >= 0.3 is 5.97 Å². The van der Waals surface area contributed by atoms with Crippen molar-refractivity contribution in [3.8, 4) is 0 Å². The number of carbonyl (C=O) groups is 2. The zero-order valence-corrected chi connectivity index (χ0v) is 11.0. The third-order valence-electron chi connectivity index (χ3n) is 2.72. The lowest BCUT2D eigenvalue weighted by atomic mass is 10.1. The van der Waals surface area contributed by atoms with E-state index in [-0.39, 0.29) is 12.1 Å². The summed E-state index contributed by atoms with van der Waals surface area (Å²) in [7, 11) is 0. The first-order valence-electron chi connectivity index (χ1n) is 6.19. The standard InChI is InChI=1S/C13H16N2O5/c1-2-3-11(13(17)18)14-12(16)8-9-4-6-10(7-5-9)15(19)20/h4-7,11H,2-3,8H2,1H3,(H,14,16)(H,17,18)/t11-/m0/s1. The molecule has 0 fully saturated rings. The molecule has 1 amide bonds. The fourth-order valence-electron chi connectivity index (χ4n) is 1.71. The number of hydrogen-bond donors (Lipinski definition) is 2. The minimum absolute atomic E-state index is 0.00844. The Kier molecular flexibility index (Phi) is 5.64. The molecule has 0 aliphatic carbocycles. The van der Waals surface area contributed by atoms with Crippen LogP contribution < -0.4 is 5.32 Å². The number of carbonyl (C=O) groups excluding carboxylic acids is 1. The van der Waals surface area contributed by atoms with Crippen LogP contribution in [-0.2, 0) is 16.0 Å². The molecule has 7 nitrogen and oxygen atoms in total. The predicted molar refractivity (Wildman–Crippen MR) is 71.3 cm³/mol. The zero-order chi connectivity index (χ0) is 15.1. The molecule has 0 bridgehead atoms. The van der Waals surface area contributed by atoms with Gasteiger partial charge in [0, 0.05) is 12.1 Å². The van der Waals surface area contributed by atoms with E-state index in [2.05, 4.69) is 5.32 Å². The third kappa shape index (κ3) is 4.68. The normalized spacial score (nSPS) is 11.7. The highest BCUT2D eigenvalue weighted by molar-refractivity contribution is 5.84. The quantitative estimate of drug-likeness (QED) is 0.581. The van der Waals surface area contributed by atoms with E-state index >= 15 is 0 Å². The van der Waals surface area contributed by atoms with Crippen molar-refractivity contribution in [2.24, 2.45) is 0 Å². The molecule has 0 saturated carbocycles. The van der Waals surface area contributed by atoms with Gasteiger partial charge in [-0.3, -0.25) is 14.9 Å². The monoisotopic (exact) mass is 280 g/mol. The zero-order valence-electron chi connectivity index (χ0n) is 11.0. The Morgan fingerprint density at radius 1 is 1.35 bits per heavy atom. The van der Waals surface area contributed by atoms with Crippen molar-refractivity contribution in [3.63, 3.8) is 0 Å². The second kappa shape index (κ2) is 7.22. The average molecular weight is 280 g/mol. The first kappa shape index (κ1) is 15.6. The Bertz CT molecular complexity index is 498. The van der Waals surface area contributed by atoms with Gasteiger partial charge in [0.25, 0.3) is 5.69 Å². The molecule has 108 valence electrons. The molecule has 1 aromatic carbocycles. The van der Waals surface area contributed by atoms with Gasteiger partial charge in [-0.25, -0.2) is 4.79 Å². The molecule has 2 N–H and O–H groups in total. The maximum atomic E-state index is 11.7. The van der Waals surface area contributed by atoms with E-state index < -0.39 is 22.8 Å². The van der Waals surface area contributed by atoms with Gasteiger partial charge in [-0.05, 0) is 12.0 Å². The second-order valence-corrected chi connectivity index (χ2v) is 4.35. The predicted octanol–water partition coefficient (Wildman–Crippen LogP) is 1.51. The van der Waals surface area contributed by atoms with E-state index in [4.69, 9.17) is 5.11 Å². The lowest BCUT2D eigenvalue weighted by Crippen LogP contribution is -2.41. The van der Waals surface area contributed by atoms with Crippen LogP contribution in [0.1, 0.15) is 25.3 Å². The van der Waals surface area contributed by atoms with Gasteiger partial charge in [0.15, 0.2) is 0 Å². The molecule has 1 aromatic rings. The maximum absolute atomic E-state index is 11.7. The lowest BCUT2D eigenvalue weighted by molar-refractivity contribution is -0.384. The Morgan fingerprint density at radius 2 is 1.95 bits per heavy atom. The van der Waals surface area contributed by atoms with Crippen molar-refractivity contribution in [2.75, 3.05) is 0 Å². The molecule has 0 radical (unpaired) electrons. The number of nitro groups is 1. The molecule has 0 aliphatic heterocycles. The summed E-state index contributed by atoms with van der Waals surface area (Å²) < 4.78 is 0. The van der Waals surface area contributed by atoms with Crippen molar-refractivity contribution in [3.05, 3.63) is 39.9 Å². The molecule has 0 saturated heterocycles. The Balaban J connectivity index is 2.61. The van der Waals surface area contributed by atoms with Crippen LogP contribution in [0.5, 0.6) is 0 Å². The maximum Gasteiger partial charge on any atom is 0.326 e. The highest BCUT2D eigenvalue weighted by atomic mass is 16.6. The van der Waals surface area contributed by atoms with Gasteiger partial charge in [-0.15, -0.1) is 0 Å². The average Bonchev–Trinajstić information content (AvgIpc) is 2.38. The number of hydrogen-bond acceptors (Lipinski definition) is 4. The summed E-state index contributed by atoms with van der Waals surface area (Å²) in [6.45, 7) is 1.83. The van der Waals surface area contributed by atoms with Crippen LogP contribution in [0.4, 0.5) is 5.69 Å². The molecule has 7 heteroatoms. The number of carboxylic acids is 1. The number of nitrogens with zero attached hydrogens (tertiary/aromatic N) is 1. The summed E-state index contributed by atoms with van der Waals surface area (Å²) in [5.41, 5.74) is 0.539. The molecule has 1 rings (SSSR count). The highest BCUT2D eigenvalue weighted by Gasteiger charge is 2.18. The van der Waals surface area contributed by atoms with E-state index in [1.807, 2.05) is 6.92 Å². The second-order valence-electron chi connectivity index (χ2n) is 4.35. The van der Waals surface area contributed by atoms with E-state index in [0.29, 0.717) is 18.4 Å². The van der Waals surface area contributed by atoms with Crippen molar-refractivity contribution in [1.29, 1.82) is 0 Å². The van der Waals surface area contributed by atoms with Gasteiger partial charge in [-0.2, -0.15) is 0 Å². The van der Waals surface area contributed by atoms with Crippen molar-refractivity contribution >= 4 is 17.6 Å². The van der Waals surface area contributed by atoms with Gasteiger partial charge in [0.05, 0.1) is 11.3 Å². The molecular weight excluding hydrogens is 264 g/mol. The summed E-state index contributed by atoms with van der Waals surface area (Å²) in [5, 5.41) is 21.8. The summed E-state index contributed by atoms with van der Waals surface area (Å²) in [6, 6.07) is 4.68. The molecule has 0 unspecified atom stereocenters. The molecule has 0 heterocycles. The van der Waals surface area contributed by atoms with Crippen LogP contribution in [0.3, 0.4) is 0 Å². The Morgan fingerprint density at radius 3 is 2.40 bits per heavy atom. The van der Waals surface area contributed by atoms with E-state index in [0.717, 1.165) is 0 Å². The van der Waals surface area contributed by atoms with E-state index in [9.17, 15) is 19.7 Å². The number of rotatable bonds is 7. The summed E-state index contributed by atoms with van der Waals surface area (Å²) >= 11 is 0. The van der Waals surface area contributed by atoms with Crippen LogP contribution in [0, 0.1) is 10.1 Å². The summed E-state index contributed by atoms with van der Waals surface area (Å²) in [6.07, 6.45) is 1.00. The molecule has 0 aliphatic rings. The van der Waals surface area contributed by atoms with E-state index in [1.165, 1.54) is 24.3 Å². The largest absolute Gasteiger partial charge is 0.480 e. The van der Waals surface area contributed by atoms with Gasteiger partial charge in [0.1, 0.15) is 6.04 Å². The number of carboxylic acid groups (broad SMARTS) is 1. The van der Waals surface area contributed by atoms with Crippen LogP contribution in [-0.4, -0.2) is 27.9 Å². The van der Waals surface area contributed by atoms with Gasteiger partial charge in [-0.1, -0.05) is 25.5 Å². The fraction of sp³-hybridized carbons (Fsp3) is 0.385. The number of amides is 1. The number of benzene rings is 1. The molecule has 0 spiro atoms. The number of nitrogens with one attached hydrogen (secondary N) is 1. The van der Waals surface area contributed by atoms with Crippen LogP contribution >= 0.6 is 0 Å². The molecule has 1 atom stereocenters. The van der Waals surface area contributed by atoms with Crippen LogP contribution in [0.15, 0.2) is 24.3 Å². The molecule has 20 heavy (non-hydrogen) atoms. The number of nitro benzene ring substituents is 1. The van der Waals surface area contributed by atoms with E-state index in [1.54, 1.807) is 0 Å². The number of aliphatic carboxylic acids is 1. The minimum Gasteiger partial charge on any atom is -0.480 e. The van der Waals surface area contributed by atoms with Gasteiger partial charge < -0.3 is 10.4 Å². The Hall–Kier alpha value is -2.44. The van der Waals surface area contributed by atoms with Gasteiger partial charge in [0.2, 0.25) is 5.91 Å². The van der Waals surface area contributed by atoms with Crippen molar-refractivity contribution in [2.45, 2.75) is 32.2 Å². The smallest absolute Gasteiger partial charge is 0.326 e. The first-order valence-corrected chi connectivity index (χ1v) is 6.19. The SMILES string of the molecule is CCC[C@H](NC(=O)Cc1ccc([N+](=O)[O-])cc1)C(=O)O. The Labute approximate surface area is 115 Å². The highest BCUT2D eigenvalue weighted by Crippen LogP contribution is 2.12. The van der Waals surface area contributed by atoms with Crippen LogP contribution in [0.2, 0.25) is 0 Å². The topological polar surface area (TPSA) is 110 Å². The summed E-state index contributed by atoms with van der Waals surface area (Å²) in [5.74, 6) is -1.48. The number of non-ortho nitro benzene ring substituents is 1. The lowest BCUT2D eigenvalue weighted by Gasteiger charge is -2.13. The summed E-state index contributed by atoms with van der Waals surface area (Å²) in [4.78, 5) is 32.6. The fourth-order valence-corrected chi connectivity index (χ4v) is 1.71. The third-order valence-corrected chi connectivity index (χ3v) is 2.72.